The van der Waals surface area contributed by atoms with Crippen LogP contribution >= 0.6 is 15.9 Å². The number of rotatable bonds is 4. The van der Waals surface area contributed by atoms with Gasteiger partial charge in [0.15, 0.2) is 0 Å². The van der Waals surface area contributed by atoms with Crippen LogP contribution in [0.25, 0.3) is 0 Å². The Balaban J connectivity index is 3.03. The zero-order valence-corrected chi connectivity index (χ0v) is 11.4. The first-order valence-electron chi connectivity index (χ1n) is 5.11. The van der Waals surface area contributed by atoms with Crippen LogP contribution < -0.4 is 11.2 Å². The molecule has 0 heterocycles. The van der Waals surface area contributed by atoms with E-state index >= 15 is 0 Å². The summed E-state index contributed by atoms with van der Waals surface area (Å²) in [5.74, 6) is -0.924. The third-order valence-corrected chi connectivity index (χ3v) is 2.81. The molecule has 0 unspecified atom stereocenters. The van der Waals surface area contributed by atoms with Crippen molar-refractivity contribution in [3.63, 3.8) is 0 Å². The van der Waals surface area contributed by atoms with Crippen LogP contribution in [0.5, 0.6) is 0 Å². The Kier molecular flexibility index (Phi) is 5.10. The normalized spacial score (nSPS) is 11.8. The van der Waals surface area contributed by atoms with Crippen LogP contribution in [0.4, 0.5) is 18.9 Å². The highest BCUT2D eigenvalue weighted by Gasteiger charge is 2.33. The van der Waals surface area contributed by atoms with Crippen LogP contribution in [0.15, 0.2) is 27.8 Å². The third kappa shape index (κ3) is 4.24. The number of amides is 1. The van der Waals surface area contributed by atoms with Gasteiger partial charge in [0.25, 0.3) is 5.91 Å². The van der Waals surface area contributed by atoms with Crippen LogP contribution in [-0.4, -0.2) is 11.6 Å². The fourth-order valence-corrected chi connectivity index (χ4v) is 1.67. The minimum atomic E-state index is -4.53. The lowest BCUT2D eigenvalue weighted by molar-refractivity contribution is -0.138. The monoisotopic (exact) mass is 348 g/mol. The zero-order valence-electron chi connectivity index (χ0n) is 9.83. The summed E-state index contributed by atoms with van der Waals surface area (Å²) in [4.78, 5) is 10.9. The van der Waals surface area contributed by atoms with E-state index in [0.29, 0.717) is 0 Å². The van der Waals surface area contributed by atoms with E-state index in [0.717, 1.165) is 6.07 Å². The molecule has 9 heteroatoms. The van der Waals surface area contributed by atoms with Gasteiger partial charge in [0.2, 0.25) is 0 Å². The highest BCUT2D eigenvalue weighted by Crippen LogP contribution is 2.36. The number of nitrogens with zero attached hydrogens (tertiary/aromatic N) is 2. The van der Waals surface area contributed by atoms with Gasteiger partial charge in [-0.15, -0.1) is 0 Å². The van der Waals surface area contributed by atoms with E-state index in [1.165, 1.54) is 12.1 Å². The summed E-state index contributed by atoms with van der Waals surface area (Å²) in [7, 11) is 0. The Labute approximate surface area is 120 Å². The van der Waals surface area contributed by atoms with Crippen molar-refractivity contribution < 1.29 is 18.0 Å². The number of hydrogen-bond donors (Lipinski definition) is 2. The van der Waals surface area contributed by atoms with E-state index in [-0.39, 0.29) is 22.3 Å². The van der Waals surface area contributed by atoms with Crippen molar-refractivity contribution in [2.75, 3.05) is 5.43 Å². The first-order valence-corrected chi connectivity index (χ1v) is 5.91. The quantitative estimate of drug-likeness (QED) is 0.647. The summed E-state index contributed by atoms with van der Waals surface area (Å²) < 4.78 is 37.9. The Hall–Kier alpha value is -2.08. The lowest BCUT2D eigenvalue weighted by atomic mass is 10.2. The van der Waals surface area contributed by atoms with E-state index < -0.39 is 17.6 Å². The molecule has 3 N–H and O–H groups in total. The molecule has 0 fully saturated rings. The molecule has 20 heavy (non-hydrogen) atoms. The van der Waals surface area contributed by atoms with Crippen LogP contribution in [0.2, 0.25) is 0 Å². The SMILES string of the molecule is N#CC/C(=N\Nc1ccc(Br)c(C(F)(F)F)c1)C(N)=O. The number of hydrazone groups is 1. The topological polar surface area (TPSA) is 91.3 Å². The Bertz CT molecular complexity index is 592. The third-order valence-electron chi connectivity index (χ3n) is 2.12. The fourth-order valence-electron chi connectivity index (χ4n) is 1.20. The molecule has 0 atom stereocenters. The largest absolute Gasteiger partial charge is 0.417 e. The Morgan fingerprint density at radius 3 is 2.65 bits per heavy atom. The lowest BCUT2D eigenvalue weighted by Gasteiger charge is -2.11. The molecular formula is C11H8BrF3N4O. The van der Waals surface area contributed by atoms with Crippen LogP contribution in [-0.2, 0) is 11.0 Å². The molecule has 0 spiro atoms. The predicted molar refractivity (Wildman–Crippen MR) is 69.6 cm³/mol. The maximum atomic E-state index is 12.7. The first-order chi connectivity index (χ1) is 9.25. The van der Waals surface area contributed by atoms with Gasteiger partial charge in [-0.25, -0.2) is 0 Å². The maximum Gasteiger partial charge on any atom is 0.417 e. The molecule has 0 radical (unpaired) electrons. The molecule has 0 aliphatic carbocycles. The number of hydrogen-bond acceptors (Lipinski definition) is 4. The molecule has 5 nitrogen and oxygen atoms in total. The van der Waals surface area contributed by atoms with Gasteiger partial charge in [-0.2, -0.15) is 23.5 Å². The standard InChI is InChI=1S/C11H8BrF3N4O/c12-8-2-1-6(5-7(8)11(13,14)15)18-19-9(3-4-16)10(17)20/h1-2,5,18H,3H2,(H2,17,20)/b19-9+. The van der Waals surface area contributed by atoms with Crippen molar-refractivity contribution in [3.8, 4) is 6.07 Å². The van der Waals surface area contributed by atoms with Gasteiger partial charge in [0, 0.05) is 4.47 Å². The fraction of sp³-hybridized carbons (Fsp3) is 0.182. The summed E-state index contributed by atoms with van der Waals surface area (Å²) in [6.07, 6.45) is -4.87. The summed E-state index contributed by atoms with van der Waals surface area (Å²) >= 11 is 2.79. The lowest BCUT2D eigenvalue weighted by Crippen LogP contribution is -2.23. The van der Waals surface area contributed by atoms with E-state index in [1.807, 2.05) is 0 Å². The molecule has 106 valence electrons. The second-order valence-electron chi connectivity index (χ2n) is 3.56. The number of halogens is 4. The van der Waals surface area contributed by atoms with Crippen molar-refractivity contribution in [1.82, 2.24) is 0 Å². The van der Waals surface area contributed by atoms with Crippen LogP contribution in [0, 0.1) is 11.3 Å². The predicted octanol–water partition coefficient (Wildman–Crippen LogP) is 2.63. The summed E-state index contributed by atoms with van der Waals surface area (Å²) in [6, 6.07) is 5.01. The number of nitriles is 1. The molecule has 0 bridgehead atoms. The average molecular weight is 349 g/mol. The number of nitrogens with two attached hydrogens (primary N) is 1. The van der Waals surface area contributed by atoms with E-state index in [9.17, 15) is 18.0 Å². The number of alkyl halides is 3. The molecule has 0 aromatic heterocycles. The highest BCUT2D eigenvalue weighted by molar-refractivity contribution is 9.10. The van der Waals surface area contributed by atoms with Crippen molar-refractivity contribution in [3.05, 3.63) is 28.2 Å². The molecule has 1 aromatic carbocycles. The smallest absolute Gasteiger partial charge is 0.364 e. The number of nitrogens with one attached hydrogen (secondary N) is 1. The molecule has 1 rings (SSSR count). The van der Waals surface area contributed by atoms with Crippen molar-refractivity contribution in [2.24, 2.45) is 10.8 Å². The zero-order chi connectivity index (χ0) is 15.3. The number of anilines is 1. The summed E-state index contributed by atoms with van der Waals surface area (Å²) in [6.45, 7) is 0. The van der Waals surface area contributed by atoms with Gasteiger partial charge < -0.3 is 5.73 Å². The number of primary amides is 1. The van der Waals surface area contributed by atoms with Crippen LogP contribution in [0.1, 0.15) is 12.0 Å². The molecular weight excluding hydrogens is 341 g/mol. The van der Waals surface area contributed by atoms with Gasteiger partial charge in [-0.05, 0) is 18.2 Å². The van der Waals surface area contributed by atoms with Crippen molar-refractivity contribution >= 4 is 33.2 Å². The second-order valence-corrected chi connectivity index (χ2v) is 4.42. The second kappa shape index (κ2) is 6.38. The van der Waals surface area contributed by atoms with E-state index in [4.69, 9.17) is 11.0 Å². The van der Waals surface area contributed by atoms with Gasteiger partial charge >= 0.3 is 6.18 Å². The Morgan fingerprint density at radius 1 is 1.50 bits per heavy atom. The number of carbonyl (C=O) groups excluding carboxylic acids is 1. The molecule has 0 saturated carbocycles. The minimum absolute atomic E-state index is 0.0113. The van der Waals surface area contributed by atoms with E-state index in [2.05, 4.69) is 26.5 Å². The van der Waals surface area contributed by atoms with Gasteiger partial charge in [-0.1, -0.05) is 15.9 Å². The summed E-state index contributed by atoms with van der Waals surface area (Å²) in [5, 5.41) is 12.0. The molecule has 1 aromatic rings. The van der Waals surface area contributed by atoms with Gasteiger partial charge in [0.1, 0.15) is 5.71 Å². The Morgan fingerprint density at radius 2 is 2.15 bits per heavy atom. The number of carbonyl (C=O) groups is 1. The molecule has 0 aliphatic rings. The van der Waals surface area contributed by atoms with Gasteiger partial charge in [0.05, 0.1) is 23.7 Å². The van der Waals surface area contributed by atoms with Gasteiger partial charge in [-0.3, -0.25) is 10.2 Å². The molecule has 0 saturated heterocycles. The molecule has 1 amide bonds. The highest BCUT2D eigenvalue weighted by atomic mass is 79.9. The van der Waals surface area contributed by atoms with E-state index in [1.54, 1.807) is 6.07 Å². The first kappa shape index (κ1) is 16.0. The minimum Gasteiger partial charge on any atom is -0.364 e. The molecule has 0 aliphatic heterocycles. The van der Waals surface area contributed by atoms with Crippen molar-refractivity contribution in [1.29, 1.82) is 5.26 Å². The van der Waals surface area contributed by atoms with Crippen LogP contribution in [0.3, 0.4) is 0 Å². The summed E-state index contributed by atoms with van der Waals surface area (Å²) in [5.41, 5.74) is 6.07. The maximum absolute atomic E-state index is 12.7. The number of benzene rings is 1. The van der Waals surface area contributed by atoms with Crippen molar-refractivity contribution in [2.45, 2.75) is 12.6 Å². The average Bonchev–Trinajstić information content (AvgIpc) is 2.34.